The molecule has 0 atom stereocenters. The Balaban J connectivity index is 2.85. The van der Waals surface area contributed by atoms with Crippen molar-refractivity contribution in [3.8, 4) is 0 Å². The van der Waals surface area contributed by atoms with Crippen LogP contribution in [0.3, 0.4) is 0 Å². The van der Waals surface area contributed by atoms with Crippen molar-refractivity contribution in [3.63, 3.8) is 0 Å². The zero-order valence-corrected chi connectivity index (χ0v) is 8.91. The lowest BCUT2D eigenvalue weighted by atomic mass is 10.2. The number of hydrogen-bond acceptors (Lipinski definition) is 3. The monoisotopic (exact) mass is 225 g/mol. The van der Waals surface area contributed by atoms with Crippen molar-refractivity contribution in [2.75, 3.05) is 0 Å². The second-order valence-corrected chi connectivity index (χ2v) is 3.57. The van der Waals surface area contributed by atoms with Crippen molar-refractivity contribution in [1.82, 2.24) is 14.8 Å². The molecule has 6 heteroatoms. The average molecular weight is 226 g/mol. The summed E-state index contributed by atoms with van der Waals surface area (Å²) in [6, 6.07) is 1.50. The number of hydrogen-bond donors (Lipinski definition) is 1. The highest BCUT2D eigenvalue weighted by Crippen LogP contribution is 2.22. The number of nitrogens with zero attached hydrogens (tertiary/aromatic N) is 3. The molecule has 15 heavy (non-hydrogen) atoms. The fraction of sp³-hybridized carbons (Fsp3) is 0.222. The first kappa shape index (κ1) is 9.92. The van der Waals surface area contributed by atoms with Crippen LogP contribution in [0.15, 0.2) is 6.07 Å². The minimum Gasteiger partial charge on any atom is -0.478 e. The highest BCUT2D eigenvalue weighted by atomic mass is 35.5. The molecule has 2 aromatic rings. The second kappa shape index (κ2) is 3.20. The van der Waals surface area contributed by atoms with Gasteiger partial charge in [0.2, 0.25) is 0 Å². The average Bonchev–Trinajstić information content (AvgIpc) is 2.41. The molecule has 0 aliphatic rings. The zero-order valence-electron chi connectivity index (χ0n) is 8.15. The fourth-order valence-electron chi connectivity index (χ4n) is 1.47. The van der Waals surface area contributed by atoms with E-state index in [4.69, 9.17) is 16.7 Å². The summed E-state index contributed by atoms with van der Waals surface area (Å²) in [6.07, 6.45) is 0. The molecule has 2 rings (SSSR count). The Bertz CT molecular complexity index is 562. The van der Waals surface area contributed by atoms with E-state index in [9.17, 15) is 4.79 Å². The Labute approximate surface area is 90.3 Å². The molecule has 0 aliphatic heterocycles. The number of carboxylic acid groups (broad SMARTS) is 1. The lowest BCUT2D eigenvalue weighted by Crippen LogP contribution is -2.00. The molecule has 2 aromatic heterocycles. The molecular formula is C9H8ClN3O2. The van der Waals surface area contributed by atoms with Crippen LogP contribution < -0.4 is 0 Å². The van der Waals surface area contributed by atoms with E-state index < -0.39 is 5.97 Å². The first-order chi connectivity index (χ1) is 7.00. The van der Waals surface area contributed by atoms with Crippen LogP contribution in [-0.4, -0.2) is 25.8 Å². The van der Waals surface area contributed by atoms with E-state index in [0.717, 1.165) is 5.69 Å². The highest BCUT2D eigenvalue weighted by molar-refractivity contribution is 6.32. The van der Waals surface area contributed by atoms with E-state index in [1.807, 2.05) is 0 Å². The van der Waals surface area contributed by atoms with Crippen molar-refractivity contribution in [3.05, 3.63) is 22.5 Å². The quantitative estimate of drug-likeness (QED) is 0.749. The molecule has 5 nitrogen and oxygen atoms in total. The van der Waals surface area contributed by atoms with Gasteiger partial charge in [0.15, 0.2) is 5.65 Å². The number of aryl methyl sites for hydroxylation is 2. The molecule has 0 aliphatic carbocycles. The first-order valence-corrected chi connectivity index (χ1v) is 4.61. The van der Waals surface area contributed by atoms with Gasteiger partial charge in [0.1, 0.15) is 5.15 Å². The summed E-state index contributed by atoms with van der Waals surface area (Å²) >= 11 is 5.75. The molecule has 2 heterocycles. The number of aromatic nitrogens is 3. The number of carbonyl (C=O) groups is 1. The molecule has 0 saturated heterocycles. The fourth-order valence-corrected chi connectivity index (χ4v) is 1.69. The number of fused-ring (bicyclic) bond motifs is 1. The van der Waals surface area contributed by atoms with Crippen LogP contribution >= 0.6 is 11.6 Å². The number of carboxylic acids is 1. The van der Waals surface area contributed by atoms with Crippen molar-refractivity contribution >= 4 is 28.6 Å². The van der Waals surface area contributed by atoms with Gasteiger partial charge in [-0.05, 0) is 13.0 Å². The van der Waals surface area contributed by atoms with E-state index >= 15 is 0 Å². The molecular weight excluding hydrogens is 218 g/mol. The summed E-state index contributed by atoms with van der Waals surface area (Å²) in [5.41, 5.74) is 1.32. The van der Waals surface area contributed by atoms with Gasteiger partial charge in [-0.25, -0.2) is 9.78 Å². The molecule has 0 spiro atoms. The number of pyridine rings is 1. The molecule has 0 saturated carbocycles. The maximum absolute atomic E-state index is 10.8. The van der Waals surface area contributed by atoms with Gasteiger partial charge in [-0.3, -0.25) is 4.68 Å². The van der Waals surface area contributed by atoms with Crippen LogP contribution in [0.4, 0.5) is 0 Å². The third-order valence-corrected chi connectivity index (χ3v) is 2.47. The Morgan fingerprint density at radius 1 is 1.60 bits per heavy atom. The molecule has 0 amide bonds. The van der Waals surface area contributed by atoms with Gasteiger partial charge < -0.3 is 5.11 Å². The maximum atomic E-state index is 10.8. The summed E-state index contributed by atoms with van der Waals surface area (Å²) in [5.74, 6) is -1.09. The lowest BCUT2D eigenvalue weighted by molar-refractivity contribution is 0.0697. The summed E-state index contributed by atoms with van der Waals surface area (Å²) < 4.78 is 1.57. The van der Waals surface area contributed by atoms with Crippen LogP contribution in [-0.2, 0) is 7.05 Å². The minimum absolute atomic E-state index is 0.000247. The van der Waals surface area contributed by atoms with E-state index in [2.05, 4.69) is 10.1 Å². The first-order valence-electron chi connectivity index (χ1n) is 4.24. The summed E-state index contributed by atoms with van der Waals surface area (Å²) in [5, 5.41) is 13.7. The molecule has 0 aromatic carbocycles. The number of rotatable bonds is 1. The van der Waals surface area contributed by atoms with Crippen LogP contribution in [0.25, 0.3) is 11.0 Å². The third-order valence-electron chi connectivity index (χ3n) is 2.18. The third kappa shape index (κ3) is 1.45. The molecule has 78 valence electrons. The van der Waals surface area contributed by atoms with Gasteiger partial charge in [0.25, 0.3) is 0 Å². The SMILES string of the molecule is Cc1nn(C)c2nc(Cl)c(C(=O)O)cc12. The highest BCUT2D eigenvalue weighted by Gasteiger charge is 2.15. The predicted octanol–water partition coefficient (Wildman–Crippen LogP) is 1.63. The molecule has 0 radical (unpaired) electrons. The summed E-state index contributed by atoms with van der Waals surface area (Å²) in [4.78, 5) is 14.8. The van der Waals surface area contributed by atoms with E-state index in [1.165, 1.54) is 6.07 Å². The number of aromatic carboxylic acids is 1. The van der Waals surface area contributed by atoms with Gasteiger partial charge in [-0.2, -0.15) is 5.10 Å². The standard InChI is InChI=1S/C9H8ClN3O2/c1-4-5-3-6(9(14)15)7(10)11-8(5)13(2)12-4/h3H,1-2H3,(H,14,15). The molecule has 1 N–H and O–H groups in total. The van der Waals surface area contributed by atoms with E-state index in [-0.39, 0.29) is 10.7 Å². The molecule has 0 bridgehead atoms. The van der Waals surface area contributed by atoms with Crippen molar-refractivity contribution in [2.45, 2.75) is 6.92 Å². The Hall–Kier alpha value is -1.62. The van der Waals surface area contributed by atoms with Crippen LogP contribution in [0.5, 0.6) is 0 Å². The normalized spacial score (nSPS) is 10.9. The van der Waals surface area contributed by atoms with Gasteiger partial charge in [0, 0.05) is 12.4 Å². The lowest BCUT2D eigenvalue weighted by Gasteiger charge is -1.99. The zero-order chi connectivity index (χ0) is 11.2. The van der Waals surface area contributed by atoms with Gasteiger partial charge in [-0.15, -0.1) is 0 Å². The van der Waals surface area contributed by atoms with Crippen molar-refractivity contribution in [1.29, 1.82) is 0 Å². The van der Waals surface area contributed by atoms with E-state index in [1.54, 1.807) is 18.7 Å². The predicted molar refractivity (Wildman–Crippen MR) is 55.2 cm³/mol. The van der Waals surface area contributed by atoms with Crippen LogP contribution in [0, 0.1) is 6.92 Å². The van der Waals surface area contributed by atoms with Crippen LogP contribution in [0.1, 0.15) is 16.1 Å². The Morgan fingerprint density at radius 2 is 2.27 bits per heavy atom. The number of halogens is 1. The van der Waals surface area contributed by atoms with E-state index in [0.29, 0.717) is 11.0 Å². The van der Waals surface area contributed by atoms with Crippen molar-refractivity contribution in [2.24, 2.45) is 7.05 Å². The maximum Gasteiger partial charge on any atom is 0.338 e. The van der Waals surface area contributed by atoms with Gasteiger partial charge >= 0.3 is 5.97 Å². The minimum atomic E-state index is -1.09. The van der Waals surface area contributed by atoms with Crippen LogP contribution in [0.2, 0.25) is 5.15 Å². The van der Waals surface area contributed by atoms with Gasteiger partial charge in [0.05, 0.1) is 11.3 Å². The topological polar surface area (TPSA) is 68.0 Å². The largest absolute Gasteiger partial charge is 0.478 e. The van der Waals surface area contributed by atoms with Crippen molar-refractivity contribution < 1.29 is 9.90 Å². The molecule has 0 fully saturated rings. The summed E-state index contributed by atoms with van der Waals surface area (Å²) in [6.45, 7) is 1.80. The second-order valence-electron chi connectivity index (χ2n) is 3.21. The van der Waals surface area contributed by atoms with Gasteiger partial charge in [-0.1, -0.05) is 11.6 Å². The molecule has 0 unspecified atom stereocenters. The Morgan fingerprint density at radius 3 is 2.87 bits per heavy atom. The smallest absolute Gasteiger partial charge is 0.338 e. The Kier molecular flexibility index (Phi) is 2.12. The summed E-state index contributed by atoms with van der Waals surface area (Å²) in [7, 11) is 1.74.